The van der Waals surface area contributed by atoms with E-state index in [2.05, 4.69) is 32.8 Å². The zero-order valence-electron chi connectivity index (χ0n) is 12.8. The summed E-state index contributed by atoms with van der Waals surface area (Å²) < 4.78 is 5.04. The number of benzene rings is 1. The molecule has 22 heavy (non-hydrogen) atoms. The van der Waals surface area contributed by atoms with Crippen LogP contribution in [0.3, 0.4) is 0 Å². The number of anilines is 2. The van der Waals surface area contributed by atoms with Gasteiger partial charge in [0.2, 0.25) is 0 Å². The molecular weight excluding hydrogens is 280 g/mol. The lowest BCUT2D eigenvalue weighted by atomic mass is 10.2. The van der Waals surface area contributed by atoms with Crippen LogP contribution in [-0.2, 0) is 0 Å². The highest BCUT2D eigenvalue weighted by Gasteiger charge is 2.24. The van der Waals surface area contributed by atoms with E-state index in [4.69, 9.17) is 4.52 Å². The van der Waals surface area contributed by atoms with Gasteiger partial charge in [-0.15, -0.1) is 0 Å². The molecule has 2 amide bonds. The summed E-state index contributed by atoms with van der Waals surface area (Å²) in [6, 6.07) is 10.2. The molecule has 1 aromatic heterocycles. The van der Waals surface area contributed by atoms with Gasteiger partial charge >= 0.3 is 6.03 Å². The van der Waals surface area contributed by atoms with Crippen molar-refractivity contribution in [3.63, 3.8) is 0 Å². The summed E-state index contributed by atoms with van der Waals surface area (Å²) in [5, 5.41) is 9.65. The summed E-state index contributed by atoms with van der Waals surface area (Å²) >= 11 is 0. The Morgan fingerprint density at radius 2 is 2.09 bits per heavy atom. The van der Waals surface area contributed by atoms with Crippen LogP contribution in [-0.4, -0.2) is 30.3 Å². The lowest BCUT2D eigenvalue weighted by molar-refractivity contribution is 0.249. The molecule has 6 nitrogen and oxygen atoms in total. The Morgan fingerprint density at radius 1 is 1.32 bits per heavy atom. The van der Waals surface area contributed by atoms with Gasteiger partial charge in [0.05, 0.1) is 0 Å². The van der Waals surface area contributed by atoms with Crippen molar-refractivity contribution in [1.29, 1.82) is 0 Å². The Hall–Kier alpha value is -2.50. The van der Waals surface area contributed by atoms with E-state index >= 15 is 0 Å². The van der Waals surface area contributed by atoms with Gasteiger partial charge < -0.3 is 20.1 Å². The second kappa shape index (κ2) is 6.09. The number of hydrogen-bond acceptors (Lipinski definition) is 4. The Balaban J connectivity index is 1.55. The second-order valence-electron chi connectivity index (χ2n) is 5.56. The van der Waals surface area contributed by atoms with Gasteiger partial charge in [-0.05, 0) is 32.4 Å². The van der Waals surface area contributed by atoms with Crippen LogP contribution in [0.15, 0.2) is 34.9 Å². The maximum atomic E-state index is 12.1. The van der Waals surface area contributed by atoms with Crippen LogP contribution in [0.5, 0.6) is 0 Å². The van der Waals surface area contributed by atoms with Crippen LogP contribution < -0.4 is 15.5 Å². The summed E-state index contributed by atoms with van der Waals surface area (Å²) in [7, 11) is 0. The summed E-state index contributed by atoms with van der Waals surface area (Å²) in [6.45, 7) is 5.35. The summed E-state index contributed by atoms with van der Waals surface area (Å²) in [5.74, 6) is 0.616. The number of amides is 2. The highest BCUT2D eigenvalue weighted by atomic mass is 16.5. The minimum atomic E-state index is -0.214. The first kappa shape index (κ1) is 14.4. The fourth-order valence-electron chi connectivity index (χ4n) is 2.75. The molecule has 2 N–H and O–H groups in total. The molecule has 0 aliphatic carbocycles. The lowest BCUT2D eigenvalue weighted by Gasteiger charge is -2.19. The number of para-hydroxylation sites is 1. The molecule has 1 unspecified atom stereocenters. The monoisotopic (exact) mass is 300 g/mol. The van der Waals surface area contributed by atoms with Crippen molar-refractivity contribution in [2.75, 3.05) is 23.3 Å². The number of urea groups is 1. The van der Waals surface area contributed by atoms with Crippen molar-refractivity contribution in [2.45, 2.75) is 26.3 Å². The number of aryl methyl sites for hydroxylation is 2. The minimum absolute atomic E-state index is 0.140. The van der Waals surface area contributed by atoms with Crippen LogP contribution in [0.2, 0.25) is 0 Å². The molecule has 0 bridgehead atoms. The predicted octanol–water partition coefficient (Wildman–Crippen LogP) is 2.69. The first-order valence-electron chi connectivity index (χ1n) is 7.44. The number of aromatic nitrogens is 1. The van der Waals surface area contributed by atoms with Gasteiger partial charge in [-0.25, -0.2) is 4.79 Å². The average molecular weight is 300 g/mol. The SMILES string of the molecule is Cc1noc(C)c1NC(=O)NC1CCN(c2ccccc2)C1. The van der Waals surface area contributed by atoms with E-state index < -0.39 is 0 Å². The fraction of sp³-hybridized carbons (Fsp3) is 0.375. The quantitative estimate of drug-likeness (QED) is 0.914. The van der Waals surface area contributed by atoms with E-state index in [1.54, 1.807) is 13.8 Å². The average Bonchev–Trinajstić information content (AvgIpc) is 3.10. The van der Waals surface area contributed by atoms with Crippen LogP contribution in [0, 0.1) is 13.8 Å². The summed E-state index contributed by atoms with van der Waals surface area (Å²) in [4.78, 5) is 14.4. The molecule has 1 fully saturated rings. The molecule has 1 aliphatic heterocycles. The van der Waals surface area contributed by atoms with E-state index in [9.17, 15) is 4.79 Å². The highest BCUT2D eigenvalue weighted by Crippen LogP contribution is 2.21. The Morgan fingerprint density at radius 3 is 2.77 bits per heavy atom. The minimum Gasteiger partial charge on any atom is -0.369 e. The molecule has 1 aliphatic rings. The molecule has 1 atom stereocenters. The fourth-order valence-corrected chi connectivity index (χ4v) is 2.75. The van der Waals surface area contributed by atoms with Crippen molar-refractivity contribution in [3.8, 4) is 0 Å². The van der Waals surface area contributed by atoms with E-state index in [1.165, 1.54) is 5.69 Å². The highest BCUT2D eigenvalue weighted by molar-refractivity contribution is 5.90. The summed E-state index contributed by atoms with van der Waals surface area (Å²) in [6.07, 6.45) is 0.934. The number of carbonyl (C=O) groups excluding carboxylic acids is 1. The molecule has 2 aromatic rings. The number of hydrogen-bond donors (Lipinski definition) is 2. The Bertz CT molecular complexity index is 634. The Kier molecular flexibility index (Phi) is 4.00. The first-order chi connectivity index (χ1) is 10.6. The summed E-state index contributed by atoms with van der Waals surface area (Å²) in [5.41, 5.74) is 2.53. The molecule has 1 aromatic carbocycles. The van der Waals surface area contributed by atoms with Crippen LogP contribution in [0.25, 0.3) is 0 Å². The van der Waals surface area contributed by atoms with Gasteiger partial charge in [-0.1, -0.05) is 23.4 Å². The molecule has 0 saturated carbocycles. The topological polar surface area (TPSA) is 70.4 Å². The van der Waals surface area contributed by atoms with Gasteiger partial charge in [-0.3, -0.25) is 0 Å². The number of rotatable bonds is 3. The zero-order chi connectivity index (χ0) is 15.5. The van der Waals surface area contributed by atoms with Crippen LogP contribution in [0.1, 0.15) is 17.9 Å². The smallest absolute Gasteiger partial charge is 0.319 e. The standard InChI is InChI=1S/C16H20N4O2/c1-11-15(12(2)22-19-11)18-16(21)17-13-8-9-20(10-13)14-6-4-3-5-7-14/h3-7,13H,8-10H2,1-2H3,(H2,17,18,21). The zero-order valence-corrected chi connectivity index (χ0v) is 12.8. The van der Waals surface area contributed by atoms with E-state index in [1.807, 2.05) is 18.2 Å². The molecular formula is C16H20N4O2. The van der Waals surface area contributed by atoms with Gasteiger partial charge in [0.25, 0.3) is 0 Å². The van der Waals surface area contributed by atoms with Crippen molar-refractivity contribution >= 4 is 17.4 Å². The molecule has 116 valence electrons. The van der Waals surface area contributed by atoms with Crippen LogP contribution in [0.4, 0.5) is 16.2 Å². The van der Waals surface area contributed by atoms with Gasteiger partial charge in [0.15, 0.2) is 5.76 Å². The lowest BCUT2D eigenvalue weighted by Crippen LogP contribution is -2.39. The normalized spacial score (nSPS) is 17.5. The van der Waals surface area contributed by atoms with Gasteiger partial charge in [-0.2, -0.15) is 0 Å². The molecule has 3 rings (SSSR count). The van der Waals surface area contributed by atoms with Crippen molar-refractivity contribution in [3.05, 3.63) is 41.8 Å². The van der Waals surface area contributed by atoms with Crippen molar-refractivity contribution in [1.82, 2.24) is 10.5 Å². The van der Waals surface area contributed by atoms with Crippen LogP contribution >= 0.6 is 0 Å². The predicted molar refractivity (Wildman–Crippen MR) is 85.2 cm³/mol. The Labute approximate surface area is 129 Å². The molecule has 6 heteroatoms. The van der Waals surface area contributed by atoms with E-state index in [0.717, 1.165) is 19.5 Å². The number of nitrogens with one attached hydrogen (secondary N) is 2. The van der Waals surface area contributed by atoms with E-state index in [-0.39, 0.29) is 12.1 Å². The third-order valence-corrected chi connectivity index (χ3v) is 3.92. The maximum absolute atomic E-state index is 12.1. The molecule has 0 spiro atoms. The van der Waals surface area contributed by atoms with Gasteiger partial charge in [0, 0.05) is 24.8 Å². The second-order valence-corrected chi connectivity index (χ2v) is 5.56. The molecule has 2 heterocycles. The third kappa shape index (κ3) is 3.05. The van der Waals surface area contributed by atoms with Gasteiger partial charge in [0.1, 0.15) is 11.4 Å². The van der Waals surface area contributed by atoms with Crippen molar-refractivity contribution in [2.24, 2.45) is 0 Å². The third-order valence-electron chi connectivity index (χ3n) is 3.92. The molecule has 1 saturated heterocycles. The maximum Gasteiger partial charge on any atom is 0.319 e. The molecule has 0 radical (unpaired) electrons. The van der Waals surface area contributed by atoms with E-state index in [0.29, 0.717) is 17.1 Å². The van der Waals surface area contributed by atoms with Crippen molar-refractivity contribution < 1.29 is 9.32 Å². The first-order valence-corrected chi connectivity index (χ1v) is 7.44. The number of nitrogens with zero attached hydrogens (tertiary/aromatic N) is 2. The largest absolute Gasteiger partial charge is 0.369 e. The number of carbonyl (C=O) groups is 1.